The van der Waals surface area contributed by atoms with Crippen LogP contribution in [0.4, 0.5) is 5.69 Å². The Balaban J connectivity index is 0.747. The number of nitrogens with zero attached hydrogens (tertiary/aromatic N) is 5. The number of fused-ring (bicyclic) bond motifs is 2. The van der Waals surface area contributed by atoms with Gasteiger partial charge in [0.15, 0.2) is 12.4 Å². The van der Waals surface area contributed by atoms with E-state index in [0.717, 1.165) is 81.4 Å². The molecule has 2 aromatic heterocycles. The summed E-state index contributed by atoms with van der Waals surface area (Å²) < 4.78 is 20.0. The van der Waals surface area contributed by atoms with E-state index < -0.39 is 0 Å². The lowest BCUT2D eigenvalue weighted by Crippen LogP contribution is -2.58. The summed E-state index contributed by atoms with van der Waals surface area (Å²) in [6.45, 7) is 9.30. The van der Waals surface area contributed by atoms with E-state index in [9.17, 15) is 19.5 Å². The Morgan fingerprint density at radius 1 is 1.02 bits per heavy atom. The number of pyridine rings is 1. The molecule has 3 amide bonds. The molecule has 0 bridgehead atoms. The summed E-state index contributed by atoms with van der Waals surface area (Å²) in [5.74, 6) is 0.356. The first kappa shape index (κ1) is 42.7. The highest BCUT2D eigenvalue weighted by atomic mass is 16.5. The van der Waals surface area contributed by atoms with Crippen molar-refractivity contribution < 1.29 is 33.7 Å². The maximum absolute atomic E-state index is 13.6. The van der Waals surface area contributed by atoms with E-state index in [0.29, 0.717) is 82.5 Å². The highest BCUT2D eigenvalue weighted by molar-refractivity contribution is 5.97. The highest BCUT2D eigenvalue weighted by Gasteiger charge is 2.41. The minimum Gasteiger partial charge on any atom is -0.506 e. The molecule has 1 aliphatic carbocycles. The number of rotatable bonds is 16. The van der Waals surface area contributed by atoms with Crippen molar-refractivity contribution in [3.05, 3.63) is 88.9 Å². The van der Waals surface area contributed by atoms with Crippen LogP contribution in [0.5, 0.6) is 11.5 Å². The molecule has 1 saturated carbocycles. The average molecular weight is 836 g/mol. The van der Waals surface area contributed by atoms with Crippen LogP contribution in [-0.2, 0) is 38.4 Å². The molecule has 14 nitrogen and oxygen atoms in total. The summed E-state index contributed by atoms with van der Waals surface area (Å²) in [7, 11) is 0. The van der Waals surface area contributed by atoms with Gasteiger partial charge in [-0.2, -0.15) is 0 Å². The predicted molar refractivity (Wildman–Crippen MR) is 232 cm³/mol. The molecule has 3 aliphatic heterocycles. The van der Waals surface area contributed by atoms with Gasteiger partial charge in [-0.05, 0) is 92.4 Å². The van der Waals surface area contributed by atoms with Gasteiger partial charge in [0.05, 0.1) is 38.4 Å². The first-order chi connectivity index (χ1) is 29.7. The SMILES string of the molecule is Cc1ccn2cc(C(=O)N3CCOC4(CCN(Cc5cccc(CCOCCC(=O)N(CCNCCc6ccc(O)c7c6OCC(=O)N7)C6CCCCC6)c5)CC4)C3)nc2c1. The molecule has 326 valence electrons. The number of anilines is 1. The molecule has 5 heterocycles. The predicted octanol–water partition coefficient (Wildman–Crippen LogP) is 5.13. The van der Waals surface area contributed by atoms with Crippen molar-refractivity contribution in [1.82, 2.24) is 29.4 Å². The van der Waals surface area contributed by atoms with Crippen LogP contribution >= 0.6 is 0 Å². The van der Waals surface area contributed by atoms with Gasteiger partial charge in [-0.3, -0.25) is 19.3 Å². The van der Waals surface area contributed by atoms with Gasteiger partial charge in [0, 0.05) is 57.7 Å². The number of hydrogen-bond donors (Lipinski definition) is 3. The number of phenolic OH excluding ortho intramolecular Hbond substituents is 1. The summed E-state index contributed by atoms with van der Waals surface area (Å²) in [6.07, 6.45) is 13.0. The number of benzene rings is 2. The van der Waals surface area contributed by atoms with Crippen molar-refractivity contribution >= 4 is 29.1 Å². The molecule has 1 spiro atoms. The molecule has 4 aliphatic rings. The molecule has 3 N–H and O–H groups in total. The number of aromatic nitrogens is 2. The van der Waals surface area contributed by atoms with Crippen LogP contribution in [0, 0.1) is 6.92 Å². The lowest BCUT2D eigenvalue weighted by Gasteiger charge is -2.47. The number of nitrogens with one attached hydrogen (secondary N) is 2. The summed E-state index contributed by atoms with van der Waals surface area (Å²) in [6, 6.07) is 16.4. The van der Waals surface area contributed by atoms with E-state index in [1.54, 1.807) is 6.07 Å². The Bertz CT molecular complexity index is 2160. The summed E-state index contributed by atoms with van der Waals surface area (Å²) >= 11 is 0. The Kier molecular flexibility index (Phi) is 13.8. The van der Waals surface area contributed by atoms with Crippen molar-refractivity contribution in [2.75, 3.05) is 77.6 Å². The number of amides is 3. The van der Waals surface area contributed by atoms with Crippen molar-refractivity contribution in [3.8, 4) is 11.5 Å². The van der Waals surface area contributed by atoms with Crippen molar-refractivity contribution in [2.45, 2.75) is 89.3 Å². The third-order valence-electron chi connectivity index (χ3n) is 12.8. The van der Waals surface area contributed by atoms with E-state index in [1.807, 2.05) is 46.8 Å². The maximum atomic E-state index is 13.6. The van der Waals surface area contributed by atoms with Gasteiger partial charge in [0.25, 0.3) is 11.8 Å². The first-order valence-corrected chi connectivity index (χ1v) is 22.3. The van der Waals surface area contributed by atoms with Crippen LogP contribution in [0.2, 0.25) is 0 Å². The number of hydrogen-bond acceptors (Lipinski definition) is 10. The molecule has 0 atom stereocenters. The second-order valence-electron chi connectivity index (χ2n) is 17.2. The number of morpholine rings is 1. The standard InChI is InChI=1S/C47H61N7O7/c1-34-13-20-52-31-39(49-41(52)28-34)46(58)53-24-27-61-47(33-53)16-21-51(22-17-47)30-36-7-5-6-35(29-36)14-25-59-26-15-43(57)54(38-8-3-2-4-9-38)23-19-48-18-12-37-10-11-40(55)44-45(37)60-32-42(56)50-44/h5-7,10-11,13,20,28-29,31,38,48,55H,2-4,8-9,12,14-19,21-27,30,32-33H2,1H3,(H,50,56). The van der Waals surface area contributed by atoms with E-state index in [4.69, 9.17) is 14.2 Å². The molecule has 2 aromatic carbocycles. The minimum atomic E-state index is -0.320. The third kappa shape index (κ3) is 10.7. The quantitative estimate of drug-likeness (QED) is 0.103. The van der Waals surface area contributed by atoms with E-state index in [1.165, 1.54) is 17.5 Å². The molecule has 14 heteroatoms. The fourth-order valence-corrected chi connectivity index (χ4v) is 9.39. The van der Waals surface area contributed by atoms with Crippen LogP contribution in [0.15, 0.2) is 60.9 Å². The van der Waals surface area contributed by atoms with Crippen LogP contribution in [0.25, 0.3) is 5.65 Å². The number of aryl methyl sites for hydroxylation is 1. The topological polar surface area (TPSA) is 150 Å². The molecule has 0 radical (unpaired) electrons. The normalized spacial score (nSPS) is 18.2. The van der Waals surface area contributed by atoms with Gasteiger partial charge >= 0.3 is 0 Å². The molecular weight excluding hydrogens is 775 g/mol. The number of carbonyl (C=O) groups is 3. The molecule has 61 heavy (non-hydrogen) atoms. The average Bonchev–Trinajstić information content (AvgIpc) is 3.70. The lowest BCUT2D eigenvalue weighted by atomic mass is 9.89. The van der Waals surface area contributed by atoms with Gasteiger partial charge < -0.3 is 44.2 Å². The Labute approximate surface area is 358 Å². The third-order valence-corrected chi connectivity index (χ3v) is 12.8. The number of phenols is 1. The fraction of sp³-hybridized carbons (Fsp3) is 0.532. The number of piperidine rings is 1. The number of aromatic hydroxyl groups is 1. The van der Waals surface area contributed by atoms with Gasteiger partial charge in [0.1, 0.15) is 22.8 Å². The number of ether oxygens (including phenoxy) is 3. The van der Waals surface area contributed by atoms with Crippen molar-refractivity contribution in [2.24, 2.45) is 0 Å². The van der Waals surface area contributed by atoms with E-state index >= 15 is 0 Å². The minimum absolute atomic E-state index is 0.00550. The van der Waals surface area contributed by atoms with Crippen LogP contribution in [-0.4, -0.2) is 131 Å². The largest absolute Gasteiger partial charge is 0.506 e. The Morgan fingerprint density at radius 3 is 2.70 bits per heavy atom. The Hall–Kier alpha value is -5.02. The zero-order valence-corrected chi connectivity index (χ0v) is 35.5. The van der Waals surface area contributed by atoms with Crippen LogP contribution < -0.4 is 15.4 Å². The molecule has 2 saturated heterocycles. The summed E-state index contributed by atoms with van der Waals surface area (Å²) in [5.41, 5.74) is 5.80. The molecule has 3 fully saturated rings. The van der Waals surface area contributed by atoms with Crippen molar-refractivity contribution in [3.63, 3.8) is 0 Å². The highest BCUT2D eigenvalue weighted by Crippen LogP contribution is 2.39. The second kappa shape index (κ2) is 19.8. The fourth-order valence-electron chi connectivity index (χ4n) is 9.39. The van der Waals surface area contributed by atoms with E-state index in [-0.39, 0.29) is 41.7 Å². The van der Waals surface area contributed by atoms with Crippen molar-refractivity contribution in [1.29, 1.82) is 0 Å². The lowest BCUT2D eigenvalue weighted by molar-refractivity contribution is -0.135. The molecular formula is C47H61N7O7. The summed E-state index contributed by atoms with van der Waals surface area (Å²) in [4.78, 5) is 49.9. The van der Waals surface area contributed by atoms with Crippen LogP contribution in [0.1, 0.15) is 84.1 Å². The van der Waals surface area contributed by atoms with Gasteiger partial charge in [-0.25, -0.2) is 4.98 Å². The smallest absolute Gasteiger partial charge is 0.274 e. The maximum Gasteiger partial charge on any atom is 0.274 e. The molecule has 4 aromatic rings. The number of likely N-dealkylation sites (tertiary alicyclic amines) is 1. The first-order valence-electron chi connectivity index (χ1n) is 22.3. The van der Waals surface area contributed by atoms with Gasteiger partial charge in [-0.1, -0.05) is 49.6 Å². The number of carbonyl (C=O) groups excluding carboxylic acids is 3. The second-order valence-corrected chi connectivity index (χ2v) is 17.2. The molecule has 8 rings (SSSR count). The zero-order valence-electron chi connectivity index (χ0n) is 35.5. The van der Waals surface area contributed by atoms with Gasteiger partial charge in [-0.15, -0.1) is 0 Å². The number of imidazole rings is 1. The summed E-state index contributed by atoms with van der Waals surface area (Å²) in [5, 5.41) is 16.3. The Morgan fingerprint density at radius 2 is 1.85 bits per heavy atom. The molecule has 0 unspecified atom stereocenters. The van der Waals surface area contributed by atoms with Gasteiger partial charge in [0.2, 0.25) is 5.91 Å². The monoisotopic (exact) mass is 835 g/mol. The van der Waals surface area contributed by atoms with Crippen LogP contribution in [0.3, 0.4) is 0 Å². The van der Waals surface area contributed by atoms with E-state index in [2.05, 4.69) is 49.7 Å². The zero-order chi connectivity index (χ0) is 42.2.